The number of amides is 2. The molecule has 114 valence electrons. The highest BCUT2D eigenvalue weighted by atomic mass is 79.9. The molecule has 1 aromatic rings. The predicted molar refractivity (Wildman–Crippen MR) is 84.7 cm³/mol. The Hall–Kier alpha value is -1.28. The van der Waals surface area contributed by atoms with Crippen LogP contribution in [0, 0.1) is 5.92 Å². The second-order valence-corrected chi connectivity index (χ2v) is 6.43. The highest BCUT2D eigenvalue weighted by Crippen LogP contribution is 2.35. The van der Waals surface area contributed by atoms with E-state index in [1.54, 1.807) is 12.1 Å². The maximum Gasteiger partial charge on any atom is 0.326 e. The normalized spacial score (nSPS) is 15.2. The average molecular weight is 422 g/mol. The summed E-state index contributed by atoms with van der Waals surface area (Å²) >= 11 is 6.66. The minimum atomic E-state index is -1.01. The van der Waals surface area contributed by atoms with Crippen molar-refractivity contribution in [2.24, 2.45) is 5.92 Å². The fraction of sp³-hybridized carbons (Fsp3) is 0.385. The van der Waals surface area contributed by atoms with Crippen molar-refractivity contribution in [2.45, 2.75) is 18.9 Å². The van der Waals surface area contributed by atoms with Crippen molar-refractivity contribution in [1.29, 1.82) is 0 Å². The Kier molecular flexibility index (Phi) is 5.10. The largest absolute Gasteiger partial charge is 0.495 e. The summed E-state index contributed by atoms with van der Waals surface area (Å²) in [5.41, 5.74) is 0.493. The van der Waals surface area contributed by atoms with Gasteiger partial charge in [-0.15, -0.1) is 0 Å². The van der Waals surface area contributed by atoms with E-state index in [1.807, 2.05) is 0 Å². The SMILES string of the molecule is COc1cc(NC(=O)NC(C(=O)O)C2CC2)c(Br)cc1Br. The Morgan fingerprint density at radius 2 is 2.00 bits per heavy atom. The van der Waals surface area contributed by atoms with Crippen molar-refractivity contribution < 1.29 is 19.4 Å². The lowest BCUT2D eigenvalue weighted by Crippen LogP contribution is -2.44. The topological polar surface area (TPSA) is 87.7 Å². The summed E-state index contributed by atoms with van der Waals surface area (Å²) in [5.74, 6) is -0.429. The molecule has 0 saturated heterocycles. The molecular weight excluding hydrogens is 408 g/mol. The molecule has 0 spiro atoms. The van der Waals surface area contributed by atoms with Gasteiger partial charge in [-0.2, -0.15) is 0 Å². The lowest BCUT2D eigenvalue weighted by Gasteiger charge is -2.15. The quantitative estimate of drug-likeness (QED) is 0.681. The molecule has 6 nitrogen and oxygen atoms in total. The number of halogens is 2. The van der Waals surface area contributed by atoms with E-state index in [9.17, 15) is 9.59 Å². The second kappa shape index (κ2) is 6.65. The number of nitrogens with one attached hydrogen (secondary N) is 2. The average Bonchev–Trinajstić information content (AvgIpc) is 3.23. The van der Waals surface area contributed by atoms with E-state index in [0.717, 1.165) is 17.3 Å². The van der Waals surface area contributed by atoms with Crippen LogP contribution in [0.4, 0.5) is 10.5 Å². The number of urea groups is 1. The Labute approximate surface area is 138 Å². The molecule has 1 unspecified atom stereocenters. The van der Waals surface area contributed by atoms with Gasteiger partial charge in [0.25, 0.3) is 0 Å². The third-order valence-electron chi connectivity index (χ3n) is 3.14. The molecule has 21 heavy (non-hydrogen) atoms. The predicted octanol–water partition coefficient (Wildman–Crippen LogP) is 3.20. The summed E-state index contributed by atoms with van der Waals surface area (Å²) in [5, 5.41) is 14.2. The maximum atomic E-state index is 11.9. The molecule has 0 aromatic heterocycles. The van der Waals surface area contributed by atoms with Crippen LogP contribution in [-0.4, -0.2) is 30.3 Å². The van der Waals surface area contributed by atoms with Crippen molar-refractivity contribution in [3.63, 3.8) is 0 Å². The van der Waals surface area contributed by atoms with Gasteiger partial charge in [0.15, 0.2) is 0 Å². The molecule has 1 aliphatic rings. The van der Waals surface area contributed by atoms with Gasteiger partial charge in [-0.05, 0) is 56.7 Å². The third kappa shape index (κ3) is 4.10. The van der Waals surface area contributed by atoms with Crippen LogP contribution in [-0.2, 0) is 4.79 Å². The molecule has 2 rings (SSSR count). The number of ether oxygens (including phenoxy) is 1. The molecular formula is C13H14Br2N2O4. The van der Waals surface area contributed by atoms with Gasteiger partial charge in [-0.3, -0.25) is 0 Å². The van der Waals surface area contributed by atoms with Crippen LogP contribution in [0.2, 0.25) is 0 Å². The van der Waals surface area contributed by atoms with E-state index < -0.39 is 18.0 Å². The number of anilines is 1. The van der Waals surface area contributed by atoms with Gasteiger partial charge in [-0.25, -0.2) is 9.59 Å². The minimum Gasteiger partial charge on any atom is -0.495 e. The van der Waals surface area contributed by atoms with Crippen molar-refractivity contribution in [3.8, 4) is 5.75 Å². The van der Waals surface area contributed by atoms with E-state index in [0.29, 0.717) is 15.9 Å². The second-order valence-electron chi connectivity index (χ2n) is 4.72. The zero-order chi connectivity index (χ0) is 15.6. The molecule has 1 aliphatic carbocycles. The Morgan fingerprint density at radius 1 is 1.33 bits per heavy atom. The van der Waals surface area contributed by atoms with Gasteiger partial charge in [0, 0.05) is 10.5 Å². The van der Waals surface area contributed by atoms with Crippen molar-refractivity contribution in [2.75, 3.05) is 12.4 Å². The first-order chi connectivity index (χ1) is 9.92. The molecule has 0 aliphatic heterocycles. The van der Waals surface area contributed by atoms with E-state index in [1.165, 1.54) is 7.11 Å². The fourth-order valence-corrected chi connectivity index (χ4v) is 3.15. The van der Waals surface area contributed by atoms with Crippen LogP contribution in [0.15, 0.2) is 21.1 Å². The molecule has 1 saturated carbocycles. The van der Waals surface area contributed by atoms with Gasteiger partial charge in [-0.1, -0.05) is 0 Å². The van der Waals surface area contributed by atoms with Gasteiger partial charge < -0.3 is 20.5 Å². The number of carboxylic acids is 1. The van der Waals surface area contributed by atoms with Gasteiger partial charge >= 0.3 is 12.0 Å². The number of hydrogen-bond acceptors (Lipinski definition) is 3. The lowest BCUT2D eigenvalue weighted by molar-refractivity contribution is -0.139. The summed E-state index contributed by atoms with van der Waals surface area (Å²) in [6.07, 6.45) is 1.65. The number of carbonyl (C=O) groups is 2. The van der Waals surface area contributed by atoms with E-state index in [4.69, 9.17) is 9.84 Å². The van der Waals surface area contributed by atoms with Crippen molar-refractivity contribution in [1.82, 2.24) is 5.32 Å². The van der Waals surface area contributed by atoms with Crippen molar-refractivity contribution in [3.05, 3.63) is 21.1 Å². The molecule has 0 radical (unpaired) electrons. The highest BCUT2D eigenvalue weighted by Gasteiger charge is 2.37. The first kappa shape index (κ1) is 16.1. The standard InChI is InChI=1S/C13H14Br2N2O4/c1-21-10-5-9(7(14)4-8(10)15)16-13(20)17-11(12(18)19)6-2-3-6/h4-6,11H,2-3H2,1H3,(H,18,19)(H2,16,17,20). The Balaban J connectivity index is 2.07. The molecule has 1 atom stereocenters. The summed E-state index contributed by atoms with van der Waals surface area (Å²) in [7, 11) is 1.52. The Morgan fingerprint density at radius 3 is 2.52 bits per heavy atom. The number of benzene rings is 1. The number of hydrogen-bond donors (Lipinski definition) is 3. The van der Waals surface area contributed by atoms with Crippen LogP contribution in [0.3, 0.4) is 0 Å². The molecule has 0 heterocycles. The minimum absolute atomic E-state index is 0.0242. The van der Waals surface area contributed by atoms with Crippen LogP contribution in [0.1, 0.15) is 12.8 Å². The number of carboxylic acid groups (broad SMARTS) is 1. The molecule has 0 bridgehead atoms. The molecule has 3 N–H and O–H groups in total. The lowest BCUT2D eigenvalue weighted by atomic mass is 10.2. The monoisotopic (exact) mass is 420 g/mol. The summed E-state index contributed by atoms with van der Waals surface area (Å²) in [6.45, 7) is 0. The van der Waals surface area contributed by atoms with Crippen LogP contribution < -0.4 is 15.4 Å². The summed E-state index contributed by atoms with van der Waals surface area (Å²) < 4.78 is 6.55. The molecule has 2 amide bonds. The molecule has 8 heteroatoms. The number of methoxy groups -OCH3 is 1. The number of carbonyl (C=O) groups excluding carboxylic acids is 1. The van der Waals surface area contributed by atoms with Gasteiger partial charge in [0.05, 0.1) is 17.3 Å². The van der Waals surface area contributed by atoms with Gasteiger partial charge in [0.1, 0.15) is 11.8 Å². The number of rotatable bonds is 5. The Bertz CT molecular complexity index is 576. The molecule has 1 aromatic carbocycles. The zero-order valence-electron chi connectivity index (χ0n) is 11.2. The summed E-state index contributed by atoms with van der Waals surface area (Å²) in [4.78, 5) is 23.0. The third-order valence-corrected chi connectivity index (χ3v) is 4.41. The maximum absolute atomic E-state index is 11.9. The smallest absolute Gasteiger partial charge is 0.326 e. The van der Waals surface area contributed by atoms with Crippen molar-refractivity contribution >= 4 is 49.5 Å². The number of aliphatic carboxylic acids is 1. The van der Waals surface area contributed by atoms with Crippen LogP contribution in [0.25, 0.3) is 0 Å². The first-order valence-corrected chi connectivity index (χ1v) is 7.84. The first-order valence-electron chi connectivity index (χ1n) is 6.25. The van der Waals surface area contributed by atoms with Crippen LogP contribution >= 0.6 is 31.9 Å². The van der Waals surface area contributed by atoms with E-state index >= 15 is 0 Å². The van der Waals surface area contributed by atoms with E-state index in [-0.39, 0.29) is 5.92 Å². The zero-order valence-corrected chi connectivity index (χ0v) is 14.3. The van der Waals surface area contributed by atoms with Crippen LogP contribution in [0.5, 0.6) is 5.75 Å². The highest BCUT2D eigenvalue weighted by molar-refractivity contribution is 9.11. The fourth-order valence-electron chi connectivity index (χ4n) is 1.89. The molecule has 1 fully saturated rings. The van der Waals surface area contributed by atoms with E-state index in [2.05, 4.69) is 42.5 Å². The summed E-state index contributed by atoms with van der Waals surface area (Å²) in [6, 6.07) is 1.98. The van der Waals surface area contributed by atoms with Gasteiger partial charge in [0.2, 0.25) is 0 Å².